The van der Waals surface area contributed by atoms with Gasteiger partial charge in [-0.2, -0.15) is 0 Å². The first-order valence-corrected chi connectivity index (χ1v) is 7.14. The highest BCUT2D eigenvalue weighted by molar-refractivity contribution is 5.94. The van der Waals surface area contributed by atoms with E-state index < -0.39 is 0 Å². The van der Waals surface area contributed by atoms with Crippen LogP contribution in [0.1, 0.15) is 44.2 Å². The Morgan fingerprint density at radius 2 is 2.16 bits per heavy atom. The van der Waals surface area contributed by atoms with E-state index in [1.165, 1.54) is 5.56 Å². The van der Waals surface area contributed by atoms with Crippen molar-refractivity contribution in [3.63, 3.8) is 0 Å². The highest BCUT2D eigenvalue weighted by atomic mass is 16.2. The Labute approximate surface area is 115 Å². The molecular weight excluding hydrogens is 236 g/mol. The molecule has 104 valence electrons. The number of para-hydroxylation sites is 1. The quantitative estimate of drug-likeness (QED) is 0.877. The van der Waals surface area contributed by atoms with Crippen LogP contribution in [0, 0.1) is 12.8 Å². The van der Waals surface area contributed by atoms with Gasteiger partial charge in [0.15, 0.2) is 0 Å². The number of hydrogen-bond acceptors (Lipinski definition) is 2. The van der Waals surface area contributed by atoms with Crippen molar-refractivity contribution in [2.75, 3.05) is 11.9 Å². The molecular formula is C16H24N2O. The summed E-state index contributed by atoms with van der Waals surface area (Å²) in [5, 5.41) is 6.48. The van der Waals surface area contributed by atoms with Gasteiger partial charge >= 0.3 is 0 Å². The van der Waals surface area contributed by atoms with Crippen molar-refractivity contribution >= 4 is 11.6 Å². The fourth-order valence-electron chi connectivity index (χ4n) is 2.78. The molecule has 1 aliphatic heterocycles. The lowest BCUT2D eigenvalue weighted by atomic mass is 9.96. The molecule has 2 atom stereocenters. The molecule has 0 aromatic heterocycles. The minimum absolute atomic E-state index is 0.0830. The van der Waals surface area contributed by atoms with Crippen molar-refractivity contribution in [2.24, 2.45) is 5.92 Å². The monoisotopic (exact) mass is 260 g/mol. The lowest BCUT2D eigenvalue weighted by Gasteiger charge is -2.20. The van der Waals surface area contributed by atoms with Crippen molar-refractivity contribution in [3.05, 3.63) is 29.3 Å². The highest BCUT2D eigenvalue weighted by Gasteiger charge is 2.29. The van der Waals surface area contributed by atoms with Gasteiger partial charge < -0.3 is 10.6 Å². The number of benzene rings is 1. The normalized spacial score (nSPS) is 22.8. The molecule has 19 heavy (non-hydrogen) atoms. The van der Waals surface area contributed by atoms with Crippen molar-refractivity contribution < 1.29 is 4.79 Å². The van der Waals surface area contributed by atoms with Crippen LogP contribution in [0.2, 0.25) is 0 Å². The third kappa shape index (κ3) is 2.98. The number of carbonyl (C=O) groups excluding carboxylic acids is 1. The van der Waals surface area contributed by atoms with Crippen molar-refractivity contribution in [1.29, 1.82) is 0 Å². The summed E-state index contributed by atoms with van der Waals surface area (Å²) >= 11 is 0. The number of hydrogen-bond donors (Lipinski definition) is 2. The summed E-state index contributed by atoms with van der Waals surface area (Å²) in [4.78, 5) is 12.4. The Morgan fingerprint density at radius 1 is 1.42 bits per heavy atom. The number of aryl methyl sites for hydroxylation is 1. The van der Waals surface area contributed by atoms with Gasteiger partial charge in [0.05, 0.1) is 5.92 Å². The van der Waals surface area contributed by atoms with E-state index in [9.17, 15) is 4.79 Å². The molecule has 1 saturated heterocycles. The molecule has 0 saturated carbocycles. The molecule has 2 unspecified atom stereocenters. The summed E-state index contributed by atoms with van der Waals surface area (Å²) < 4.78 is 0. The predicted molar refractivity (Wildman–Crippen MR) is 79.5 cm³/mol. The maximum absolute atomic E-state index is 12.4. The third-order valence-electron chi connectivity index (χ3n) is 4.04. The first-order valence-electron chi connectivity index (χ1n) is 7.14. The van der Waals surface area contributed by atoms with E-state index in [1.54, 1.807) is 0 Å². The average Bonchev–Trinajstić information content (AvgIpc) is 2.77. The standard InChI is InChI=1S/C16H24N2O/c1-10(2)13-7-5-6-11(3)15(13)18-16(19)14-8-9-17-12(14)4/h5-7,10,12,14,17H,8-9H2,1-4H3,(H,18,19). The summed E-state index contributed by atoms with van der Waals surface area (Å²) in [6.07, 6.45) is 0.926. The molecule has 0 aliphatic carbocycles. The number of amides is 1. The molecule has 0 radical (unpaired) electrons. The lowest BCUT2D eigenvalue weighted by Crippen LogP contribution is -2.32. The molecule has 1 aromatic rings. The summed E-state index contributed by atoms with van der Waals surface area (Å²) in [5.41, 5.74) is 3.35. The van der Waals surface area contributed by atoms with Crippen LogP contribution in [0.3, 0.4) is 0 Å². The maximum atomic E-state index is 12.4. The Morgan fingerprint density at radius 3 is 2.74 bits per heavy atom. The predicted octanol–water partition coefficient (Wildman–Crippen LogP) is 3.05. The summed E-state index contributed by atoms with van der Waals surface area (Å²) in [6, 6.07) is 6.48. The maximum Gasteiger partial charge on any atom is 0.229 e. The van der Waals surface area contributed by atoms with Crippen LogP contribution in [0.25, 0.3) is 0 Å². The molecule has 1 amide bonds. The molecule has 1 aliphatic rings. The van der Waals surface area contributed by atoms with E-state index in [2.05, 4.69) is 56.5 Å². The number of rotatable bonds is 3. The second kappa shape index (κ2) is 5.74. The number of carbonyl (C=O) groups is 1. The van der Waals surface area contributed by atoms with E-state index in [0.717, 1.165) is 24.2 Å². The van der Waals surface area contributed by atoms with Gasteiger partial charge in [-0.15, -0.1) is 0 Å². The Hall–Kier alpha value is -1.35. The number of nitrogens with one attached hydrogen (secondary N) is 2. The zero-order valence-corrected chi connectivity index (χ0v) is 12.3. The van der Waals surface area contributed by atoms with Crippen LogP contribution in [0.15, 0.2) is 18.2 Å². The first kappa shape index (κ1) is 14.1. The van der Waals surface area contributed by atoms with Crippen molar-refractivity contribution in [1.82, 2.24) is 5.32 Å². The SMILES string of the molecule is Cc1cccc(C(C)C)c1NC(=O)C1CCNC1C. The van der Waals surface area contributed by atoms with E-state index >= 15 is 0 Å². The van der Waals surface area contributed by atoms with Crippen LogP contribution in [-0.4, -0.2) is 18.5 Å². The van der Waals surface area contributed by atoms with E-state index in [0.29, 0.717) is 5.92 Å². The zero-order valence-electron chi connectivity index (χ0n) is 12.3. The first-order chi connectivity index (χ1) is 9.00. The molecule has 1 fully saturated rings. The molecule has 3 nitrogen and oxygen atoms in total. The third-order valence-corrected chi connectivity index (χ3v) is 4.04. The Balaban J connectivity index is 2.21. The van der Waals surface area contributed by atoms with Crippen molar-refractivity contribution in [2.45, 2.75) is 46.1 Å². The molecule has 1 aromatic carbocycles. The highest BCUT2D eigenvalue weighted by Crippen LogP contribution is 2.28. The summed E-state index contributed by atoms with van der Waals surface area (Å²) in [7, 11) is 0. The Bertz CT molecular complexity index is 468. The van der Waals surface area contributed by atoms with Gasteiger partial charge in [-0.3, -0.25) is 4.79 Å². The molecule has 0 bridgehead atoms. The molecule has 2 N–H and O–H groups in total. The van der Waals surface area contributed by atoms with E-state index in [-0.39, 0.29) is 17.9 Å². The smallest absolute Gasteiger partial charge is 0.229 e. The van der Waals surface area contributed by atoms with Gasteiger partial charge in [-0.05, 0) is 43.9 Å². The number of anilines is 1. The lowest BCUT2D eigenvalue weighted by molar-refractivity contribution is -0.120. The van der Waals surface area contributed by atoms with Gasteiger partial charge in [-0.25, -0.2) is 0 Å². The van der Waals surface area contributed by atoms with Crippen LogP contribution >= 0.6 is 0 Å². The molecule has 0 spiro atoms. The summed E-state index contributed by atoms with van der Waals surface area (Å²) in [5.74, 6) is 0.641. The second-order valence-corrected chi connectivity index (χ2v) is 5.82. The fraction of sp³-hybridized carbons (Fsp3) is 0.562. The van der Waals surface area contributed by atoms with Gasteiger partial charge in [0, 0.05) is 11.7 Å². The van der Waals surface area contributed by atoms with Crippen LogP contribution in [-0.2, 0) is 4.79 Å². The largest absolute Gasteiger partial charge is 0.325 e. The minimum Gasteiger partial charge on any atom is -0.325 e. The van der Waals surface area contributed by atoms with Gasteiger partial charge in [0.2, 0.25) is 5.91 Å². The Kier molecular flexibility index (Phi) is 4.25. The second-order valence-electron chi connectivity index (χ2n) is 5.82. The van der Waals surface area contributed by atoms with Crippen LogP contribution in [0.4, 0.5) is 5.69 Å². The van der Waals surface area contributed by atoms with Gasteiger partial charge in [0.1, 0.15) is 0 Å². The van der Waals surface area contributed by atoms with E-state index in [4.69, 9.17) is 0 Å². The topological polar surface area (TPSA) is 41.1 Å². The van der Waals surface area contributed by atoms with Gasteiger partial charge in [0.25, 0.3) is 0 Å². The average molecular weight is 260 g/mol. The minimum atomic E-state index is 0.0830. The van der Waals surface area contributed by atoms with E-state index in [1.807, 2.05) is 0 Å². The van der Waals surface area contributed by atoms with Crippen LogP contribution < -0.4 is 10.6 Å². The van der Waals surface area contributed by atoms with Crippen LogP contribution in [0.5, 0.6) is 0 Å². The fourth-order valence-corrected chi connectivity index (χ4v) is 2.78. The van der Waals surface area contributed by atoms with Gasteiger partial charge in [-0.1, -0.05) is 32.0 Å². The molecule has 1 heterocycles. The molecule has 2 rings (SSSR count). The molecule has 3 heteroatoms. The van der Waals surface area contributed by atoms with Crippen molar-refractivity contribution in [3.8, 4) is 0 Å². The zero-order chi connectivity index (χ0) is 14.0. The summed E-state index contributed by atoms with van der Waals surface area (Å²) in [6.45, 7) is 9.38.